The quantitative estimate of drug-likeness (QED) is 0.748. The average molecular weight is 295 g/mol. The lowest BCUT2D eigenvalue weighted by Gasteiger charge is -2.23. The summed E-state index contributed by atoms with van der Waals surface area (Å²) in [4.78, 5) is 22.2. The molecule has 1 amide bonds. The molecule has 0 aromatic carbocycles. The number of hydrogen-bond acceptors (Lipinski definition) is 6. The Morgan fingerprint density at radius 1 is 1.43 bits per heavy atom. The Labute approximate surface area is 125 Å². The van der Waals surface area contributed by atoms with Crippen molar-refractivity contribution in [3.8, 4) is 0 Å². The average Bonchev–Trinajstić information content (AvgIpc) is 3.07. The maximum atomic E-state index is 11.7. The molecule has 0 radical (unpaired) electrons. The van der Waals surface area contributed by atoms with E-state index in [1.54, 1.807) is 19.0 Å². The van der Waals surface area contributed by atoms with Crippen molar-refractivity contribution < 1.29 is 9.32 Å². The van der Waals surface area contributed by atoms with Gasteiger partial charge in [0.2, 0.25) is 11.8 Å². The van der Waals surface area contributed by atoms with E-state index in [0.29, 0.717) is 25.0 Å². The van der Waals surface area contributed by atoms with E-state index in [9.17, 15) is 4.79 Å². The summed E-state index contributed by atoms with van der Waals surface area (Å²) in [5.41, 5.74) is 0. The summed E-state index contributed by atoms with van der Waals surface area (Å²) < 4.78 is 5.13. The fourth-order valence-electron chi connectivity index (χ4n) is 2.50. The fraction of sp³-hybridized carbons (Fsp3) is 0.786. The third-order valence-electron chi connectivity index (χ3n) is 3.93. The minimum atomic E-state index is 0.157. The van der Waals surface area contributed by atoms with Crippen molar-refractivity contribution in [3.63, 3.8) is 0 Å². The van der Waals surface area contributed by atoms with Gasteiger partial charge in [-0.25, -0.2) is 0 Å². The molecule has 0 aliphatic carbocycles. The Balaban J connectivity index is 1.81. The van der Waals surface area contributed by atoms with E-state index >= 15 is 0 Å². The summed E-state index contributed by atoms with van der Waals surface area (Å²) in [6.45, 7) is 5.05. The van der Waals surface area contributed by atoms with Crippen molar-refractivity contribution in [1.82, 2.24) is 24.8 Å². The summed E-state index contributed by atoms with van der Waals surface area (Å²) in [6.07, 6.45) is 1.83. The second-order valence-electron chi connectivity index (χ2n) is 5.84. The molecule has 0 N–H and O–H groups in total. The Hall–Kier alpha value is -1.47. The highest BCUT2D eigenvalue weighted by Gasteiger charge is 2.27. The number of likely N-dealkylation sites (N-methyl/N-ethyl adjacent to an activating group) is 2. The Morgan fingerprint density at radius 3 is 2.81 bits per heavy atom. The molecular formula is C14H25N5O2. The lowest BCUT2D eigenvalue weighted by Crippen LogP contribution is -2.38. The van der Waals surface area contributed by atoms with Gasteiger partial charge in [-0.05, 0) is 13.5 Å². The molecule has 1 aliphatic rings. The first-order valence-corrected chi connectivity index (χ1v) is 7.43. The summed E-state index contributed by atoms with van der Waals surface area (Å²) in [5.74, 6) is 1.57. The van der Waals surface area contributed by atoms with Crippen molar-refractivity contribution in [2.24, 2.45) is 0 Å². The van der Waals surface area contributed by atoms with Crippen molar-refractivity contribution in [2.45, 2.75) is 32.4 Å². The lowest BCUT2D eigenvalue weighted by atomic mass is 10.2. The molecule has 0 saturated carbocycles. The van der Waals surface area contributed by atoms with Crippen molar-refractivity contribution in [1.29, 1.82) is 0 Å². The minimum absolute atomic E-state index is 0.157. The predicted molar refractivity (Wildman–Crippen MR) is 78.7 cm³/mol. The first-order chi connectivity index (χ1) is 9.99. The number of aryl methyl sites for hydroxylation is 1. The monoisotopic (exact) mass is 295 g/mol. The highest BCUT2D eigenvalue weighted by molar-refractivity contribution is 5.77. The zero-order chi connectivity index (χ0) is 15.4. The smallest absolute Gasteiger partial charge is 0.236 e. The molecule has 1 atom stereocenters. The van der Waals surface area contributed by atoms with Crippen LogP contribution in [-0.2, 0) is 17.8 Å². The molecule has 0 spiro atoms. The Kier molecular flexibility index (Phi) is 5.30. The Bertz CT molecular complexity index is 474. The van der Waals surface area contributed by atoms with Gasteiger partial charge in [-0.3, -0.25) is 14.6 Å². The van der Waals surface area contributed by atoms with Crippen LogP contribution in [0, 0.1) is 0 Å². The van der Waals surface area contributed by atoms with Gasteiger partial charge in [0.25, 0.3) is 0 Å². The van der Waals surface area contributed by atoms with E-state index in [2.05, 4.69) is 27.0 Å². The zero-order valence-corrected chi connectivity index (χ0v) is 13.4. The number of carbonyl (C=O) groups excluding carboxylic acids is 1. The van der Waals surface area contributed by atoms with Crippen molar-refractivity contribution in [3.05, 3.63) is 11.7 Å². The van der Waals surface area contributed by atoms with Crippen LogP contribution in [0.5, 0.6) is 0 Å². The largest absolute Gasteiger partial charge is 0.348 e. The highest BCUT2D eigenvalue weighted by Crippen LogP contribution is 2.16. The van der Waals surface area contributed by atoms with Crippen LogP contribution in [0.25, 0.3) is 0 Å². The molecule has 7 heteroatoms. The molecule has 1 saturated heterocycles. The van der Waals surface area contributed by atoms with Crippen LogP contribution in [-0.4, -0.2) is 77.6 Å². The maximum absolute atomic E-state index is 11.7. The third kappa shape index (κ3) is 4.25. The van der Waals surface area contributed by atoms with Gasteiger partial charge >= 0.3 is 0 Å². The maximum Gasteiger partial charge on any atom is 0.236 e. The molecular weight excluding hydrogens is 270 g/mol. The molecule has 0 unspecified atom stereocenters. The predicted octanol–water partition coefficient (Wildman–Crippen LogP) is 0.226. The number of nitrogens with zero attached hydrogens (tertiary/aromatic N) is 5. The standard InChI is InChI=1S/C14H25N5O2/c1-5-13-15-12(16-21-13)9-18(4)11-6-7-19(8-11)10-14(20)17(2)3/h11H,5-10H2,1-4H3/t11-/m1/s1. The van der Waals surface area contributed by atoms with Crippen LogP contribution >= 0.6 is 0 Å². The number of carbonyl (C=O) groups is 1. The molecule has 2 heterocycles. The van der Waals surface area contributed by atoms with Gasteiger partial charge in [-0.15, -0.1) is 0 Å². The van der Waals surface area contributed by atoms with Gasteiger partial charge in [-0.1, -0.05) is 12.1 Å². The van der Waals surface area contributed by atoms with Crippen LogP contribution in [0.2, 0.25) is 0 Å². The van der Waals surface area contributed by atoms with E-state index in [1.165, 1.54) is 0 Å². The molecule has 118 valence electrons. The van der Waals surface area contributed by atoms with Gasteiger partial charge in [0.05, 0.1) is 13.1 Å². The van der Waals surface area contributed by atoms with E-state index in [1.807, 2.05) is 6.92 Å². The van der Waals surface area contributed by atoms with Crippen molar-refractivity contribution in [2.75, 3.05) is 40.8 Å². The number of likely N-dealkylation sites (tertiary alicyclic amines) is 1. The normalized spacial score (nSPS) is 19.4. The molecule has 2 rings (SSSR count). The molecule has 1 fully saturated rings. The fourth-order valence-corrected chi connectivity index (χ4v) is 2.50. The second-order valence-corrected chi connectivity index (χ2v) is 5.84. The molecule has 7 nitrogen and oxygen atoms in total. The second kappa shape index (κ2) is 7.00. The number of hydrogen-bond donors (Lipinski definition) is 0. The van der Waals surface area contributed by atoms with E-state index in [0.717, 1.165) is 31.8 Å². The first-order valence-electron chi connectivity index (χ1n) is 7.43. The third-order valence-corrected chi connectivity index (χ3v) is 3.93. The SMILES string of the molecule is CCc1nc(CN(C)[C@@H]2CCN(CC(=O)N(C)C)C2)no1. The molecule has 0 bridgehead atoms. The molecule has 21 heavy (non-hydrogen) atoms. The number of amides is 1. The summed E-state index contributed by atoms with van der Waals surface area (Å²) in [5, 5.41) is 3.99. The first kappa shape index (κ1) is 15.9. The van der Waals surface area contributed by atoms with Crippen LogP contribution in [0.1, 0.15) is 25.1 Å². The summed E-state index contributed by atoms with van der Waals surface area (Å²) in [7, 11) is 5.66. The van der Waals surface area contributed by atoms with Crippen LogP contribution in [0.15, 0.2) is 4.52 Å². The highest BCUT2D eigenvalue weighted by atomic mass is 16.5. The van der Waals surface area contributed by atoms with Gasteiger partial charge in [0, 0.05) is 39.6 Å². The van der Waals surface area contributed by atoms with Gasteiger partial charge in [0.15, 0.2) is 5.82 Å². The lowest BCUT2D eigenvalue weighted by molar-refractivity contribution is -0.129. The minimum Gasteiger partial charge on any atom is -0.348 e. The Morgan fingerprint density at radius 2 is 2.19 bits per heavy atom. The van der Waals surface area contributed by atoms with Crippen LogP contribution in [0.3, 0.4) is 0 Å². The van der Waals surface area contributed by atoms with Crippen molar-refractivity contribution >= 4 is 5.91 Å². The molecule has 1 aromatic rings. The summed E-state index contributed by atoms with van der Waals surface area (Å²) in [6, 6.07) is 0.434. The zero-order valence-electron chi connectivity index (χ0n) is 13.4. The van der Waals surface area contributed by atoms with Gasteiger partial charge in [0.1, 0.15) is 0 Å². The van der Waals surface area contributed by atoms with Gasteiger partial charge in [-0.2, -0.15) is 4.98 Å². The molecule has 1 aliphatic heterocycles. The summed E-state index contributed by atoms with van der Waals surface area (Å²) >= 11 is 0. The topological polar surface area (TPSA) is 65.7 Å². The van der Waals surface area contributed by atoms with Crippen LogP contribution in [0.4, 0.5) is 0 Å². The van der Waals surface area contributed by atoms with Gasteiger partial charge < -0.3 is 9.42 Å². The van der Waals surface area contributed by atoms with E-state index in [-0.39, 0.29) is 5.91 Å². The number of aromatic nitrogens is 2. The van der Waals surface area contributed by atoms with E-state index < -0.39 is 0 Å². The molecule has 1 aromatic heterocycles. The number of rotatable bonds is 6. The van der Waals surface area contributed by atoms with E-state index in [4.69, 9.17) is 4.52 Å². The van der Waals surface area contributed by atoms with Crippen LogP contribution < -0.4 is 0 Å².